The van der Waals surface area contributed by atoms with Crippen LogP contribution in [-0.4, -0.2) is 56.9 Å². The zero-order chi connectivity index (χ0) is 19.4. The molecule has 6 heteroatoms. The van der Waals surface area contributed by atoms with Gasteiger partial charge in [0.15, 0.2) is 0 Å². The largest absolute Gasteiger partial charge is 0.481 e. The number of carboxylic acid groups (broad SMARTS) is 1. The number of carboxylic acids is 1. The maximum Gasteiger partial charge on any atom is 0.303 e. The first kappa shape index (κ1) is 22.8. The SMILES string of the molecule is CCCCC/C=C\C[C@H](O)/C=C\[C@@H](O)[C@@H]1C[C@@H](O)[C@@H](CCCC(=O)O)O1. The summed E-state index contributed by atoms with van der Waals surface area (Å²) in [7, 11) is 0. The summed E-state index contributed by atoms with van der Waals surface area (Å²) < 4.78 is 5.65. The molecule has 1 heterocycles. The van der Waals surface area contributed by atoms with Crippen LogP contribution in [0, 0.1) is 0 Å². The third kappa shape index (κ3) is 9.48. The zero-order valence-corrected chi connectivity index (χ0v) is 15.7. The Balaban J connectivity index is 2.29. The summed E-state index contributed by atoms with van der Waals surface area (Å²) >= 11 is 0. The smallest absolute Gasteiger partial charge is 0.303 e. The molecule has 26 heavy (non-hydrogen) atoms. The van der Waals surface area contributed by atoms with Gasteiger partial charge in [-0.25, -0.2) is 0 Å². The average Bonchev–Trinajstić information content (AvgIpc) is 2.96. The van der Waals surface area contributed by atoms with Crippen LogP contribution in [0.15, 0.2) is 24.3 Å². The van der Waals surface area contributed by atoms with Crippen LogP contribution in [-0.2, 0) is 9.53 Å². The summed E-state index contributed by atoms with van der Waals surface area (Å²) in [5, 5.41) is 38.7. The van der Waals surface area contributed by atoms with E-state index in [2.05, 4.69) is 13.0 Å². The minimum absolute atomic E-state index is 0.0395. The quantitative estimate of drug-likeness (QED) is 0.293. The molecule has 0 aromatic carbocycles. The van der Waals surface area contributed by atoms with E-state index in [1.165, 1.54) is 18.9 Å². The number of rotatable bonds is 13. The number of hydrogen-bond acceptors (Lipinski definition) is 5. The molecule has 0 bridgehead atoms. The topological polar surface area (TPSA) is 107 Å². The Morgan fingerprint density at radius 3 is 2.65 bits per heavy atom. The van der Waals surface area contributed by atoms with Crippen molar-refractivity contribution in [2.75, 3.05) is 0 Å². The van der Waals surface area contributed by atoms with Crippen LogP contribution in [0.1, 0.15) is 64.7 Å². The highest BCUT2D eigenvalue weighted by atomic mass is 16.5. The van der Waals surface area contributed by atoms with Crippen LogP contribution in [0.3, 0.4) is 0 Å². The molecule has 0 aromatic heterocycles. The minimum atomic E-state index is -0.905. The van der Waals surface area contributed by atoms with Gasteiger partial charge in [0.05, 0.1) is 30.5 Å². The first-order valence-electron chi connectivity index (χ1n) is 9.68. The summed E-state index contributed by atoms with van der Waals surface area (Å²) in [6, 6.07) is 0. The second-order valence-electron chi connectivity index (χ2n) is 6.95. The Bertz CT molecular complexity index is 448. The maximum absolute atomic E-state index is 10.5. The van der Waals surface area contributed by atoms with E-state index in [0.29, 0.717) is 25.7 Å². The van der Waals surface area contributed by atoms with Crippen LogP contribution >= 0.6 is 0 Å². The fraction of sp³-hybridized carbons (Fsp3) is 0.750. The standard InChI is InChI=1S/C20H34O6/c1-2-3-4-5-6-7-9-15(21)12-13-16(22)19-14-17(23)18(26-19)10-8-11-20(24)25/h6-7,12-13,15-19,21-23H,2-5,8-11,14H2,1H3,(H,24,25)/b7-6-,13-12-/t15-,16+,17+,18+,19-/m0/s1. The molecule has 0 amide bonds. The number of aliphatic carboxylic acids is 1. The Labute approximate surface area is 156 Å². The highest BCUT2D eigenvalue weighted by molar-refractivity contribution is 5.66. The Kier molecular flexibility index (Phi) is 11.4. The lowest BCUT2D eigenvalue weighted by atomic mass is 10.0. The van der Waals surface area contributed by atoms with Crippen molar-refractivity contribution < 1.29 is 30.0 Å². The molecule has 5 atom stereocenters. The van der Waals surface area contributed by atoms with Crippen molar-refractivity contribution in [1.29, 1.82) is 0 Å². The predicted molar refractivity (Wildman–Crippen MR) is 99.8 cm³/mol. The average molecular weight is 370 g/mol. The summed E-state index contributed by atoms with van der Waals surface area (Å²) in [6.45, 7) is 2.16. The maximum atomic E-state index is 10.5. The van der Waals surface area contributed by atoms with Gasteiger partial charge in [-0.15, -0.1) is 0 Å². The molecule has 1 aliphatic heterocycles. The van der Waals surface area contributed by atoms with E-state index in [1.54, 1.807) is 6.08 Å². The normalized spacial score (nSPS) is 25.9. The molecule has 1 saturated heterocycles. The molecule has 4 N–H and O–H groups in total. The molecule has 0 radical (unpaired) electrons. The van der Waals surface area contributed by atoms with Gasteiger partial charge in [-0.3, -0.25) is 4.79 Å². The Morgan fingerprint density at radius 2 is 1.96 bits per heavy atom. The first-order valence-corrected chi connectivity index (χ1v) is 9.68. The molecular formula is C20H34O6. The predicted octanol–water partition coefficient (Wildman–Crippen LogP) is 2.56. The number of unbranched alkanes of at least 4 members (excludes halogenated alkanes) is 3. The third-order valence-electron chi connectivity index (χ3n) is 4.56. The lowest BCUT2D eigenvalue weighted by Crippen LogP contribution is -2.25. The van der Waals surface area contributed by atoms with Crippen molar-refractivity contribution in [3.05, 3.63) is 24.3 Å². The first-order chi connectivity index (χ1) is 12.4. The van der Waals surface area contributed by atoms with Crippen LogP contribution in [0.5, 0.6) is 0 Å². The molecule has 0 aromatic rings. The summed E-state index contributed by atoms with van der Waals surface area (Å²) in [5.74, 6) is -0.870. The lowest BCUT2D eigenvalue weighted by Gasteiger charge is -2.17. The molecule has 0 saturated carbocycles. The second-order valence-corrected chi connectivity index (χ2v) is 6.95. The van der Waals surface area contributed by atoms with Crippen LogP contribution in [0.2, 0.25) is 0 Å². The zero-order valence-electron chi connectivity index (χ0n) is 15.7. The number of carbonyl (C=O) groups is 1. The second kappa shape index (κ2) is 13.0. The molecule has 0 spiro atoms. The highest BCUT2D eigenvalue weighted by Crippen LogP contribution is 2.27. The van der Waals surface area contributed by atoms with Gasteiger partial charge in [0.25, 0.3) is 0 Å². The van der Waals surface area contributed by atoms with Crippen molar-refractivity contribution in [2.24, 2.45) is 0 Å². The third-order valence-corrected chi connectivity index (χ3v) is 4.56. The van der Waals surface area contributed by atoms with Gasteiger partial charge < -0.3 is 25.2 Å². The van der Waals surface area contributed by atoms with Crippen molar-refractivity contribution >= 4 is 5.97 Å². The highest BCUT2D eigenvalue weighted by Gasteiger charge is 2.36. The molecule has 6 nitrogen and oxygen atoms in total. The molecule has 1 fully saturated rings. The van der Waals surface area contributed by atoms with E-state index >= 15 is 0 Å². The van der Waals surface area contributed by atoms with Gasteiger partial charge >= 0.3 is 5.97 Å². The number of hydrogen-bond donors (Lipinski definition) is 4. The summed E-state index contributed by atoms with van der Waals surface area (Å²) in [5.41, 5.74) is 0. The van der Waals surface area contributed by atoms with Crippen molar-refractivity contribution in [2.45, 2.75) is 95.2 Å². The van der Waals surface area contributed by atoms with Crippen molar-refractivity contribution in [3.8, 4) is 0 Å². The van der Waals surface area contributed by atoms with E-state index < -0.39 is 36.5 Å². The summed E-state index contributed by atoms with van der Waals surface area (Å²) in [6.07, 6.45) is 10.1. The van der Waals surface area contributed by atoms with Crippen LogP contribution < -0.4 is 0 Å². The molecule has 1 aliphatic rings. The fourth-order valence-electron chi connectivity index (χ4n) is 3.01. The van der Waals surface area contributed by atoms with Crippen LogP contribution in [0.4, 0.5) is 0 Å². The van der Waals surface area contributed by atoms with E-state index in [0.717, 1.165) is 12.8 Å². The molecule has 1 rings (SSSR count). The molecular weight excluding hydrogens is 336 g/mol. The number of aliphatic hydroxyl groups excluding tert-OH is 3. The van der Waals surface area contributed by atoms with Crippen LogP contribution in [0.25, 0.3) is 0 Å². The van der Waals surface area contributed by atoms with Gasteiger partial charge in [0.2, 0.25) is 0 Å². The van der Waals surface area contributed by atoms with Gasteiger partial charge in [-0.2, -0.15) is 0 Å². The fourth-order valence-corrected chi connectivity index (χ4v) is 3.01. The lowest BCUT2D eigenvalue weighted by molar-refractivity contribution is -0.137. The Morgan fingerprint density at radius 1 is 1.19 bits per heavy atom. The van der Waals surface area contributed by atoms with Crippen molar-refractivity contribution in [3.63, 3.8) is 0 Å². The number of aliphatic hydroxyl groups is 3. The van der Waals surface area contributed by atoms with Gasteiger partial charge in [0.1, 0.15) is 0 Å². The minimum Gasteiger partial charge on any atom is -0.481 e. The van der Waals surface area contributed by atoms with Gasteiger partial charge in [-0.1, -0.05) is 44.1 Å². The number of ether oxygens (including phenoxy) is 1. The van der Waals surface area contributed by atoms with E-state index in [4.69, 9.17) is 9.84 Å². The van der Waals surface area contributed by atoms with E-state index in [-0.39, 0.29) is 6.42 Å². The Hall–Kier alpha value is -1.21. The number of allylic oxidation sites excluding steroid dienone is 1. The molecule has 150 valence electrons. The monoisotopic (exact) mass is 370 g/mol. The summed E-state index contributed by atoms with van der Waals surface area (Å²) in [4.78, 5) is 10.5. The van der Waals surface area contributed by atoms with Gasteiger partial charge in [-0.05, 0) is 32.1 Å². The van der Waals surface area contributed by atoms with Crippen molar-refractivity contribution in [1.82, 2.24) is 0 Å². The molecule has 0 unspecified atom stereocenters. The van der Waals surface area contributed by atoms with Gasteiger partial charge in [0, 0.05) is 12.8 Å². The van der Waals surface area contributed by atoms with E-state index in [9.17, 15) is 20.1 Å². The molecule has 0 aliphatic carbocycles. The van der Waals surface area contributed by atoms with E-state index in [1.807, 2.05) is 6.08 Å².